The van der Waals surface area contributed by atoms with Gasteiger partial charge in [-0.05, 0) is 24.3 Å². The fourth-order valence-corrected chi connectivity index (χ4v) is 1.41. The van der Waals surface area contributed by atoms with Crippen molar-refractivity contribution in [2.24, 2.45) is 0 Å². The van der Waals surface area contributed by atoms with E-state index in [0.29, 0.717) is 10.8 Å². The number of anilines is 3. The maximum absolute atomic E-state index is 8.91. The van der Waals surface area contributed by atoms with Gasteiger partial charge in [0.05, 0.1) is 23.3 Å². The maximum Gasteiger partial charge on any atom is 0.129 e. The van der Waals surface area contributed by atoms with E-state index < -0.39 is 0 Å². The SMILES string of the molecule is ONc1ccccc1Nc1ccc(Cl)nc1. The van der Waals surface area contributed by atoms with Gasteiger partial charge in [0.2, 0.25) is 0 Å². The second kappa shape index (κ2) is 4.83. The molecule has 0 saturated heterocycles. The Morgan fingerprint density at radius 3 is 2.44 bits per heavy atom. The predicted molar refractivity (Wildman–Crippen MR) is 64.4 cm³/mol. The summed E-state index contributed by atoms with van der Waals surface area (Å²) in [6.45, 7) is 0. The lowest BCUT2D eigenvalue weighted by atomic mass is 10.2. The molecular weight excluding hydrogens is 226 g/mol. The first-order valence-corrected chi connectivity index (χ1v) is 5.05. The van der Waals surface area contributed by atoms with Crippen LogP contribution in [-0.2, 0) is 0 Å². The van der Waals surface area contributed by atoms with Gasteiger partial charge in [-0.1, -0.05) is 23.7 Å². The van der Waals surface area contributed by atoms with Gasteiger partial charge in [0, 0.05) is 0 Å². The second-order valence-electron chi connectivity index (χ2n) is 3.15. The Morgan fingerprint density at radius 1 is 1.06 bits per heavy atom. The van der Waals surface area contributed by atoms with Crippen LogP contribution in [0.4, 0.5) is 17.1 Å². The molecule has 0 radical (unpaired) electrons. The third-order valence-corrected chi connectivity index (χ3v) is 2.28. The van der Waals surface area contributed by atoms with E-state index in [1.807, 2.05) is 24.3 Å². The highest BCUT2D eigenvalue weighted by Crippen LogP contribution is 2.24. The van der Waals surface area contributed by atoms with Crippen LogP contribution >= 0.6 is 11.6 Å². The number of hydrogen-bond acceptors (Lipinski definition) is 4. The summed E-state index contributed by atoms with van der Waals surface area (Å²) in [4.78, 5) is 3.95. The number of para-hydroxylation sites is 2. The predicted octanol–water partition coefficient (Wildman–Crippen LogP) is 3.28. The van der Waals surface area contributed by atoms with Gasteiger partial charge < -0.3 is 5.32 Å². The molecule has 0 aliphatic carbocycles. The molecule has 2 rings (SSSR count). The molecule has 1 aromatic carbocycles. The van der Waals surface area contributed by atoms with Crippen LogP contribution in [0.5, 0.6) is 0 Å². The Balaban J connectivity index is 2.23. The zero-order valence-electron chi connectivity index (χ0n) is 8.31. The van der Waals surface area contributed by atoms with E-state index in [2.05, 4.69) is 15.8 Å². The van der Waals surface area contributed by atoms with Crippen LogP contribution in [0.15, 0.2) is 42.6 Å². The minimum Gasteiger partial charge on any atom is -0.353 e. The fourth-order valence-electron chi connectivity index (χ4n) is 1.29. The number of halogens is 1. The number of nitrogens with zero attached hydrogens (tertiary/aromatic N) is 1. The van der Waals surface area contributed by atoms with Crippen molar-refractivity contribution >= 4 is 28.7 Å². The second-order valence-corrected chi connectivity index (χ2v) is 3.54. The zero-order valence-corrected chi connectivity index (χ0v) is 9.07. The summed E-state index contributed by atoms with van der Waals surface area (Å²) in [5.41, 5.74) is 4.27. The maximum atomic E-state index is 8.91. The molecule has 4 nitrogen and oxygen atoms in total. The molecule has 0 fully saturated rings. The average molecular weight is 236 g/mol. The smallest absolute Gasteiger partial charge is 0.129 e. The summed E-state index contributed by atoms with van der Waals surface area (Å²) in [6, 6.07) is 10.8. The summed E-state index contributed by atoms with van der Waals surface area (Å²) < 4.78 is 0. The molecule has 16 heavy (non-hydrogen) atoms. The van der Waals surface area contributed by atoms with Crippen LogP contribution in [0.1, 0.15) is 0 Å². The molecule has 0 amide bonds. The molecular formula is C11H10ClN3O. The van der Waals surface area contributed by atoms with Crippen molar-refractivity contribution in [3.8, 4) is 0 Å². The van der Waals surface area contributed by atoms with Crippen LogP contribution < -0.4 is 10.8 Å². The molecule has 0 atom stereocenters. The first kappa shape index (κ1) is 10.7. The molecule has 5 heteroatoms. The quantitative estimate of drug-likeness (QED) is 0.565. The normalized spacial score (nSPS) is 9.88. The lowest BCUT2D eigenvalue weighted by Gasteiger charge is -2.10. The van der Waals surface area contributed by atoms with Crippen molar-refractivity contribution in [3.63, 3.8) is 0 Å². The molecule has 2 aromatic rings. The van der Waals surface area contributed by atoms with Crippen LogP contribution in [-0.4, -0.2) is 10.2 Å². The summed E-state index contributed by atoms with van der Waals surface area (Å²) in [5, 5.41) is 12.5. The standard InChI is InChI=1S/C11H10ClN3O/c12-11-6-5-8(7-13-11)14-9-3-1-2-4-10(9)15-16/h1-7,14-16H. The molecule has 0 saturated carbocycles. The minimum atomic E-state index is 0.444. The van der Waals surface area contributed by atoms with E-state index >= 15 is 0 Å². The topological polar surface area (TPSA) is 57.2 Å². The Hall–Kier alpha value is -1.78. The van der Waals surface area contributed by atoms with Gasteiger partial charge in [-0.25, -0.2) is 4.98 Å². The largest absolute Gasteiger partial charge is 0.353 e. The van der Waals surface area contributed by atoms with Crippen molar-refractivity contribution in [2.75, 3.05) is 10.8 Å². The number of nitrogens with one attached hydrogen (secondary N) is 2. The van der Waals surface area contributed by atoms with Gasteiger partial charge >= 0.3 is 0 Å². The number of aromatic nitrogens is 1. The van der Waals surface area contributed by atoms with E-state index in [1.54, 1.807) is 18.3 Å². The highest BCUT2D eigenvalue weighted by molar-refractivity contribution is 6.29. The zero-order chi connectivity index (χ0) is 11.4. The molecule has 0 unspecified atom stereocenters. The van der Waals surface area contributed by atoms with E-state index in [9.17, 15) is 0 Å². The van der Waals surface area contributed by atoms with Gasteiger partial charge in [0.1, 0.15) is 5.15 Å². The fraction of sp³-hybridized carbons (Fsp3) is 0. The van der Waals surface area contributed by atoms with Crippen LogP contribution in [0, 0.1) is 0 Å². The molecule has 3 N–H and O–H groups in total. The Morgan fingerprint density at radius 2 is 1.81 bits per heavy atom. The molecule has 1 heterocycles. The van der Waals surface area contributed by atoms with Gasteiger partial charge in [-0.3, -0.25) is 10.7 Å². The molecule has 82 valence electrons. The first-order valence-electron chi connectivity index (χ1n) is 4.67. The van der Waals surface area contributed by atoms with E-state index in [0.717, 1.165) is 11.4 Å². The van der Waals surface area contributed by atoms with Gasteiger partial charge in [0.25, 0.3) is 0 Å². The Labute approximate surface area is 97.9 Å². The van der Waals surface area contributed by atoms with Crippen molar-refractivity contribution < 1.29 is 5.21 Å². The van der Waals surface area contributed by atoms with Crippen molar-refractivity contribution in [3.05, 3.63) is 47.7 Å². The lowest BCUT2D eigenvalue weighted by Crippen LogP contribution is -1.97. The first-order chi connectivity index (χ1) is 7.79. The minimum absolute atomic E-state index is 0.444. The molecule has 0 bridgehead atoms. The van der Waals surface area contributed by atoms with Gasteiger partial charge in [0.15, 0.2) is 0 Å². The van der Waals surface area contributed by atoms with Crippen molar-refractivity contribution in [1.29, 1.82) is 0 Å². The highest BCUT2D eigenvalue weighted by atomic mass is 35.5. The van der Waals surface area contributed by atoms with E-state index in [4.69, 9.17) is 16.8 Å². The molecule has 0 aliphatic heterocycles. The average Bonchev–Trinajstić information content (AvgIpc) is 2.33. The van der Waals surface area contributed by atoms with Gasteiger partial charge in [-0.2, -0.15) is 0 Å². The third kappa shape index (κ3) is 2.42. The number of pyridine rings is 1. The number of rotatable bonds is 3. The van der Waals surface area contributed by atoms with Crippen molar-refractivity contribution in [2.45, 2.75) is 0 Å². The monoisotopic (exact) mass is 235 g/mol. The molecule has 1 aromatic heterocycles. The molecule has 0 spiro atoms. The highest BCUT2D eigenvalue weighted by Gasteiger charge is 2.00. The van der Waals surface area contributed by atoms with Crippen LogP contribution in [0.3, 0.4) is 0 Å². The molecule has 0 aliphatic rings. The summed E-state index contributed by atoms with van der Waals surface area (Å²) in [7, 11) is 0. The van der Waals surface area contributed by atoms with Gasteiger partial charge in [-0.15, -0.1) is 0 Å². The Kier molecular flexibility index (Phi) is 3.24. The summed E-state index contributed by atoms with van der Waals surface area (Å²) in [5.74, 6) is 0. The lowest BCUT2D eigenvalue weighted by molar-refractivity contribution is 0.389. The van der Waals surface area contributed by atoms with E-state index in [-0.39, 0.29) is 0 Å². The van der Waals surface area contributed by atoms with E-state index in [1.165, 1.54) is 0 Å². The summed E-state index contributed by atoms with van der Waals surface area (Å²) >= 11 is 5.68. The summed E-state index contributed by atoms with van der Waals surface area (Å²) in [6.07, 6.45) is 1.62. The third-order valence-electron chi connectivity index (χ3n) is 2.05. The number of hydrogen-bond donors (Lipinski definition) is 3. The van der Waals surface area contributed by atoms with Crippen LogP contribution in [0.2, 0.25) is 5.15 Å². The van der Waals surface area contributed by atoms with Crippen molar-refractivity contribution in [1.82, 2.24) is 4.98 Å². The van der Waals surface area contributed by atoms with Crippen LogP contribution in [0.25, 0.3) is 0 Å². The Bertz CT molecular complexity index is 473. The number of benzene rings is 1.